The average molecular weight is 332 g/mol. The van der Waals surface area contributed by atoms with Crippen molar-refractivity contribution in [3.05, 3.63) is 35.9 Å². The Hall–Kier alpha value is -1.59. The van der Waals surface area contributed by atoms with Gasteiger partial charge in [-0.3, -0.25) is 0 Å². The van der Waals surface area contributed by atoms with Crippen molar-refractivity contribution in [1.29, 1.82) is 0 Å². The van der Waals surface area contributed by atoms with E-state index in [0.29, 0.717) is 13.2 Å². The molecule has 0 unspecified atom stereocenters. The summed E-state index contributed by atoms with van der Waals surface area (Å²) in [6.45, 7) is 3.85. The van der Waals surface area contributed by atoms with E-state index in [2.05, 4.69) is 10.2 Å². The molecule has 1 saturated heterocycles. The first-order chi connectivity index (χ1) is 11.7. The molecule has 1 atom stereocenters. The topological polar surface area (TPSA) is 61.8 Å². The zero-order chi connectivity index (χ0) is 16.8. The van der Waals surface area contributed by atoms with E-state index in [0.717, 1.165) is 44.5 Å². The molecule has 0 aromatic heterocycles. The highest BCUT2D eigenvalue weighted by Gasteiger charge is 2.50. The Morgan fingerprint density at radius 3 is 2.75 bits per heavy atom. The minimum atomic E-state index is -0.358. The summed E-state index contributed by atoms with van der Waals surface area (Å²) in [7, 11) is 0. The monoisotopic (exact) mass is 332 g/mol. The number of hydrogen-bond donors (Lipinski definition) is 2. The number of nitrogens with one attached hydrogen (secondary N) is 1. The Kier molecular flexibility index (Phi) is 5.74. The normalized spacial score (nSPS) is 22.3. The second-order valence-electron chi connectivity index (χ2n) is 7.12. The van der Waals surface area contributed by atoms with Crippen LogP contribution in [0.15, 0.2) is 30.3 Å². The van der Waals surface area contributed by atoms with Crippen LogP contribution in [0.3, 0.4) is 0 Å². The number of alkyl carbamates (subject to hydrolysis) is 1. The second-order valence-corrected chi connectivity index (χ2v) is 7.12. The number of nitrogens with zero attached hydrogens (tertiary/aromatic N) is 1. The summed E-state index contributed by atoms with van der Waals surface area (Å²) in [5.41, 5.74) is 1.27. The molecule has 1 saturated carbocycles. The van der Waals surface area contributed by atoms with E-state index in [1.165, 1.54) is 12.8 Å². The molecule has 1 aromatic rings. The van der Waals surface area contributed by atoms with Gasteiger partial charge in [-0.1, -0.05) is 30.3 Å². The van der Waals surface area contributed by atoms with Gasteiger partial charge in [0.15, 0.2) is 0 Å². The summed E-state index contributed by atoms with van der Waals surface area (Å²) < 4.78 is 5.17. The highest BCUT2D eigenvalue weighted by molar-refractivity contribution is 5.67. The Labute approximate surface area is 144 Å². The standard InChI is InChI=1S/C19H28N2O3/c22-17-14-21(13-10-19(17)8-9-19)12-5-4-11-20-18(23)24-15-16-6-2-1-3-7-16/h1-3,6-7,17,22H,4-5,8-15H2,(H,20,23)/t17-/m1/s1. The number of ether oxygens (including phenoxy) is 1. The van der Waals surface area contributed by atoms with Gasteiger partial charge in [-0.15, -0.1) is 0 Å². The zero-order valence-electron chi connectivity index (χ0n) is 14.2. The molecule has 1 aromatic carbocycles. The van der Waals surface area contributed by atoms with Crippen molar-refractivity contribution < 1.29 is 14.6 Å². The first-order valence-corrected chi connectivity index (χ1v) is 9.03. The number of carbonyl (C=O) groups excluding carboxylic acids is 1. The summed E-state index contributed by atoms with van der Waals surface area (Å²) >= 11 is 0. The highest BCUT2D eigenvalue weighted by Crippen LogP contribution is 2.53. The number of amides is 1. The fraction of sp³-hybridized carbons (Fsp3) is 0.632. The van der Waals surface area contributed by atoms with E-state index in [1.807, 2.05) is 30.3 Å². The average Bonchev–Trinajstić information content (AvgIpc) is 3.38. The van der Waals surface area contributed by atoms with Gasteiger partial charge in [0.05, 0.1) is 6.10 Å². The Morgan fingerprint density at radius 1 is 1.25 bits per heavy atom. The zero-order valence-corrected chi connectivity index (χ0v) is 14.2. The number of benzene rings is 1. The summed E-state index contributed by atoms with van der Waals surface area (Å²) in [5, 5.41) is 13.0. The van der Waals surface area contributed by atoms with Gasteiger partial charge < -0.3 is 20.1 Å². The molecule has 0 radical (unpaired) electrons. The number of hydrogen-bond acceptors (Lipinski definition) is 4. The maximum Gasteiger partial charge on any atom is 0.407 e. The molecular formula is C19H28N2O3. The molecule has 1 aliphatic carbocycles. The van der Waals surface area contributed by atoms with Gasteiger partial charge in [-0.2, -0.15) is 0 Å². The van der Waals surface area contributed by atoms with Crippen LogP contribution in [0, 0.1) is 5.41 Å². The minimum Gasteiger partial charge on any atom is -0.445 e. The summed E-state index contributed by atoms with van der Waals surface area (Å²) in [6.07, 6.45) is 5.00. The van der Waals surface area contributed by atoms with Crippen LogP contribution in [0.2, 0.25) is 0 Å². The fourth-order valence-corrected chi connectivity index (χ4v) is 3.45. The van der Waals surface area contributed by atoms with E-state index < -0.39 is 0 Å². The Balaban J connectivity index is 1.22. The molecule has 2 N–H and O–H groups in total. The first-order valence-electron chi connectivity index (χ1n) is 9.03. The van der Waals surface area contributed by atoms with Crippen LogP contribution >= 0.6 is 0 Å². The molecule has 5 heteroatoms. The van der Waals surface area contributed by atoms with Crippen molar-refractivity contribution in [2.75, 3.05) is 26.2 Å². The summed E-state index contributed by atoms with van der Waals surface area (Å²) in [6, 6.07) is 9.67. The van der Waals surface area contributed by atoms with Crippen molar-refractivity contribution in [2.24, 2.45) is 5.41 Å². The van der Waals surface area contributed by atoms with Crippen molar-refractivity contribution >= 4 is 6.09 Å². The molecule has 2 fully saturated rings. The van der Waals surface area contributed by atoms with Gasteiger partial charge in [0.2, 0.25) is 0 Å². The second kappa shape index (κ2) is 7.99. The number of unbranched alkanes of at least 4 members (excludes halogenated alkanes) is 1. The molecule has 0 bridgehead atoms. The van der Waals surface area contributed by atoms with E-state index in [-0.39, 0.29) is 17.6 Å². The van der Waals surface area contributed by atoms with Crippen LogP contribution in [-0.2, 0) is 11.3 Å². The first kappa shape index (κ1) is 17.2. The van der Waals surface area contributed by atoms with Crippen LogP contribution in [0.25, 0.3) is 0 Å². The molecule has 132 valence electrons. The van der Waals surface area contributed by atoms with Gasteiger partial charge in [0.25, 0.3) is 0 Å². The van der Waals surface area contributed by atoms with Crippen LogP contribution in [0.1, 0.15) is 37.7 Å². The highest BCUT2D eigenvalue weighted by atomic mass is 16.5. The maximum absolute atomic E-state index is 11.6. The molecule has 1 heterocycles. The largest absolute Gasteiger partial charge is 0.445 e. The van der Waals surface area contributed by atoms with E-state index in [9.17, 15) is 9.90 Å². The van der Waals surface area contributed by atoms with Crippen molar-refractivity contribution in [1.82, 2.24) is 10.2 Å². The molecule has 24 heavy (non-hydrogen) atoms. The number of likely N-dealkylation sites (tertiary alicyclic amines) is 1. The van der Waals surface area contributed by atoms with Crippen molar-refractivity contribution in [3.8, 4) is 0 Å². The van der Waals surface area contributed by atoms with Crippen LogP contribution in [-0.4, -0.2) is 48.4 Å². The predicted octanol–water partition coefficient (Wildman–Crippen LogP) is 2.54. The molecule has 1 aliphatic heterocycles. The van der Waals surface area contributed by atoms with Gasteiger partial charge in [-0.05, 0) is 56.2 Å². The molecule has 3 rings (SSSR count). The lowest BCUT2D eigenvalue weighted by Gasteiger charge is -2.36. The third-order valence-electron chi connectivity index (χ3n) is 5.34. The van der Waals surface area contributed by atoms with E-state index in [1.54, 1.807) is 0 Å². The predicted molar refractivity (Wildman–Crippen MR) is 92.6 cm³/mol. The molecule has 2 aliphatic rings. The van der Waals surface area contributed by atoms with Crippen LogP contribution in [0.4, 0.5) is 4.79 Å². The molecule has 1 amide bonds. The summed E-state index contributed by atoms with van der Waals surface area (Å²) in [4.78, 5) is 14.0. The van der Waals surface area contributed by atoms with Crippen molar-refractivity contribution in [2.45, 2.75) is 44.8 Å². The fourth-order valence-electron chi connectivity index (χ4n) is 3.45. The number of rotatable bonds is 7. The minimum absolute atomic E-state index is 0.141. The quantitative estimate of drug-likeness (QED) is 0.753. The maximum atomic E-state index is 11.6. The number of β-amino-alcohol motifs (C(OH)–C–C–N with tert-alkyl or cyclic N) is 1. The third-order valence-corrected chi connectivity index (χ3v) is 5.34. The van der Waals surface area contributed by atoms with Gasteiger partial charge in [0, 0.05) is 13.1 Å². The Morgan fingerprint density at radius 2 is 2.04 bits per heavy atom. The lowest BCUT2D eigenvalue weighted by molar-refractivity contribution is 0.00814. The third kappa shape index (κ3) is 4.71. The summed E-state index contributed by atoms with van der Waals surface area (Å²) in [5.74, 6) is 0. The smallest absolute Gasteiger partial charge is 0.407 e. The molecule has 1 spiro atoms. The lowest BCUT2D eigenvalue weighted by atomic mass is 9.90. The van der Waals surface area contributed by atoms with E-state index >= 15 is 0 Å². The number of aliphatic hydroxyl groups excluding tert-OH is 1. The lowest BCUT2D eigenvalue weighted by Crippen LogP contribution is -2.45. The molecular weight excluding hydrogens is 304 g/mol. The number of piperidine rings is 1. The van der Waals surface area contributed by atoms with Crippen LogP contribution < -0.4 is 5.32 Å². The van der Waals surface area contributed by atoms with Gasteiger partial charge in [0.1, 0.15) is 6.61 Å². The van der Waals surface area contributed by atoms with Gasteiger partial charge >= 0.3 is 6.09 Å². The van der Waals surface area contributed by atoms with Crippen LogP contribution in [0.5, 0.6) is 0 Å². The Bertz CT molecular complexity index is 531. The molecule has 5 nitrogen and oxygen atoms in total. The van der Waals surface area contributed by atoms with Gasteiger partial charge in [-0.25, -0.2) is 4.79 Å². The SMILES string of the molecule is O=C(NCCCCN1CCC2(CC2)[C@H](O)C1)OCc1ccccc1. The van der Waals surface area contributed by atoms with E-state index in [4.69, 9.17) is 4.74 Å². The number of aliphatic hydroxyl groups is 1. The van der Waals surface area contributed by atoms with Crippen molar-refractivity contribution in [3.63, 3.8) is 0 Å². The number of carbonyl (C=O) groups is 1.